The standard InChI is InChI=1S/C14H21ClN2O/c1-10(16-2)13-6-5-11(8-14(13)15)17-7-3-4-12(17)9-18/h5-6,8,10,12,16,18H,3-4,7,9H2,1-2H3. The van der Waals surface area contributed by atoms with Crippen LogP contribution in [0.15, 0.2) is 18.2 Å². The predicted molar refractivity (Wildman–Crippen MR) is 76.4 cm³/mol. The zero-order chi connectivity index (χ0) is 13.1. The summed E-state index contributed by atoms with van der Waals surface area (Å²) < 4.78 is 0. The van der Waals surface area contributed by atoms with Gasteiger partial charge in [-0.2, -0.15) is 0 Å². The van der Waals surface area contributed by atoms with Crippen LogP contribution in [-0.4, -0.2) is 31.3 Å². The van der Waals surface area contributed by atoms with Crippen molar-refractivity contribution in [3.8, 4) is 0 Å². The fraction of sp³-hybridized carbons (Fsp3) is 0.571. The molecular formula is C14H21ClN2O. The van der Waals surface area contributed by atoms with E-state index in [1.165, 1.54) is 0 Å². The number of benzene rings is 1. The van der Waals surface area contributed by atoms with Crippen LogP contribution in [0.1, 0.15) is 31.4 Å². The molecule has 18 heavy (non-hydrogen) atoms. The van der Waals surface area contributed by atoms with Crippen LogP contribution in [0, 0.1) is 0 Å². The molecule has 0 aliphatic carbocycles. The molecule has 2 rings (SSSR count). The van der Waals surface area contributed by atoms with Crippen LogP contribution in [0.25, 0.3) is 0 Å². The number of halogens is 1. The molecule has 4 heteroatoms. The first-order chi connectivity index (χ1) is 8.67. The minimum absolute atomic E-state index is 0.215. The van der Waals surface area contributed by atoms with E-state index in [1.54, 1.807) is 0 Å². The summed E-state index contributed by atoms with van der Waals surface area (Å²) in [5, 5.41) is 13.3. The van der Waals surface area contributed by atoms with Gasteiger partial charge in [0.15, 0.2) is 0 Å². The molecule has 1 aromatic rings. The Morgan fingerprint density at radius 1 is 1.56 bits per heavy atom. The summed E-state index contributed by atoms with van der Waals surface area (Å²) >= 11 is 6.34. The van der Waals surface area contributed by atoms with E-state index >= 15 is 0 Å². The number of nitrogens with one attached hydrogen (secondary N) is 1. The minimum atomic E-state index is 0.215. The third-order valence-electron chi connectivity index (χ3n) is 3.80. The Balaban J connectivity index is 2.23. The largest absolute Gasteiger partial charge is 0.394 e. The van der Waals surface area contributed by atoms with E-state index in [9.17, 15) is 5.11 Å². The van der Waals surface area contributed by atoms with Crippen molar-refractivity contribution >= 4 is 17.3 Å². The maximum Gasteiger partial charge on any atom is 0.0635 e. The topological polar surface area (TPSA) is 35.5 Å². The lowest BCUT2D eigenvalue weighted by atomic mass is 10.1. The summed E-state index contributed by atoms with van der Waals surface area (Å²) in [6.45, 7) is 3.31. The van der Waals surface area contributed by atoms with Gasteiger partial charge in [0.2, 0.25) is 0 Å². The Hall–Kier alpha value is -0.770. The highest BCUT2D eigenvalue weighted by atomic mass is 35.5. The first kappa shape index (κ1) is 13.7. The monoisotopic (exact) mass is 268 g/mol. The fourth-order valence-corrected chi connectivity index (χ4v) is 2.91. The molecule has 1 aliphatic rings. The van der Waals surface area contributed by atoms with E-state index < -0.39 is 0 Å². The molecule has 0 bridgehead atoms. The number of aliphatic hydroxyl groups is 1. The van der Waals surface area contributed by atoms with Gasteiger partial charge in [-0.15, -0.1) is 0 Å². The second-order valence-corrected chi connectivity index (χ2v) is 5.30. The van der Waals surface area contributed by atoms with Crippen molar-refractivity contribution in [2.45, 2.75) is 31.8 Å². The summed E-state index contributed by atoms with van der Waals surface area (Å²) in [6, 6.07) is 6.68. The Morgan fingerprint density at radius 3 is 2.94 bits per heavy atom. The molecule has 2 unspecified atom stereocenters. The highest BCUT2D eigenvalue weighted by Crippen LogP contribution is 2.31. The number of nitrogens with zero attached hydrogens (tertiary/aromatic N) is 1. The molecule has 1 fully saturated rings. The van der Waals surface area contributed by atoms with Gasteiger partial charge in [0.25, 0.3) is 0 Å². The van der Waals surface area contributed by atoms with E-state index in [1.807, 2.05) is 13.1 Å². The molecule has 0 radical (unpaired) electrons. The Kier molecular flexibility index (Phi) is 4.49. The van der Waals surface area contributed by atoms with Gasteiger partial charge in [0.1, 0.15) is 0 Å². The maximum atomic E-state index is 9.36. The van der Waals surface area contributed by atoms with E-state index in [2.05, 4.69) is 29.3 Å². The molecule has 1 aromatic carbocycles. The Labute approximate surface area is 114 Å². The number of aliphatic hydroxyl groups excluding tert-OH is 1. The third-order valence-corrected chi connectivity index (χ3v) is 4.13. The molecule has 1 aliphatic heterocycles. The molecule has 0 saturated carbocycles. The number of hydrogen-bond donors (Lipinski definition) is 2. The van der Waals surface area contributed by atoms with Crippen LogP contribution in [0.2, 0.25) is 5.02 Å². The Bertz CT molecular complexity index is 411. The Morgan fingerprint density at radius 2 is 2.33 bits per heavy atom. The van der Waals surface area contributed by atoms with Gasteiger partial charge in [-0.1, -0.05) is 17.7 Å². The van der Waals surface area contributed by atoms with Crippen molar-refractivity contribution in [2.75, 3.05) is 25.1 Å². The first-order valence-corrected chi connectivity index (χ1v) is 6.89. The highest BCUT2D eigenvalue weighted by molar-refractivity contribution is 6.31. The number of hydrogen-bond acceptors (Lipinski definition) is 3. The lowest BCUT2D eigenvalue weighted by Crippen LogP contribution is -2.32. The first-order valence-electron chi connectivity index (χ1n) is 6.51. The summed E-state index contributed by atoms with van der Waals surface area (Å²) in [7, 11) is 1.93. The van der Waals surface area contributed by atoms with Gasteiger partial charge in [-0.25, -0.2) is 0 Å². The van der Waals surface area contributed by atoms with Crippen LogP contribution in [0.4, 0.5) is 5.69 Å². The SMILES string of the molecule is CNC(C)c1ccc(N2CCCC2CO)cc1Cl. The van der Waals surface area contributed by atoms with E-state index in [0.717, 1.165) is 35.7 Å². The van der Waals surface area contributed by atoms with Crippen molar-refractivity contribution in [2.24, 2.45) is 0 Å². The van der Waals surface area contributed by atoms with Crippen LogP contribution < -0.4 is 10.2 Å². The molecule has 0 amide bonds. The van der Waals surface area contributed by atoms with Gasteiger partial charge in [-0.05, 0) is 44.5 Å². The average molecular weight is 269 g/mol. The highest BCUT2D eigenvalue weighted by Gasteiger charge is 2.24. The third kappa shape index (κ3) is 2.63. The van der Waals surface area contributed by atoms with Crippen LogP contribution in [0.3, 0.4) is 0 Å². The second kappa shape index (κ2) is 5.91. The van der Waals surface area contributed by atoms with Crippen molar-refractivity contribution in [1.29, 1.82) is 0 Å². The molecule has 0 aromatic heterocycles. The van der Waals surface area contributed by atoms with Gasteiger partial charge in [0, 0.05) is 23.3 Å². The zero-order valence-electron chi connectivity index (χ0n) is 11.0. The molecule has 0 spiro atoms. The summed E-state index contributed by atoms with van der Waals surface area (Å²) in [6.07, 6.45) is 2.19. The van der Waals surface area contributed by atoms with E-state index in [4.69, 9.17) is 11.6 Å². The lowest BCUT2D eigenvalue weighted by molar-refractivity contribution is 0.266. The smallest absolute Gasteiger partial charge is 0.0635 e. The van der Waals surface area contributed by atoms with Crippen LogP contribution in [-0.2, 0) is 0 Å². The van der Waals surface area contributed by atoms with Crippen molar-refractivity contribution < 1.29 is 5.11 Å². The van der Waals surface area contributed by atoms with Crippen molar-refractivity contribution in [3.05, 3.63) is 28.8 Å². The average Bonchev–Trinajstić information content (AvgIpc) is 2.86. The molecule has 1 heterocycles. The maximum absolute atomic E-state index is 9.36. The normalized spacial score (nSPS) is 21.3. The van der Waals surface area contributed by atoms with Gasteiger partial charge in [0.05, 0.1) is 12.6 Å². The molecule has 3 nitrogen and oxygen atoms in total. The summed E-state index contributed by atoms with van der Waals surface area (Å²) in [5.74, 6) is 0. The predicted octanol–water partition coefficient (Wildman–Crippen LogP) is 2.58. The van der Waals surface area contributed by atoms with Crippen LogP contribution in [0.5, 0.6) is 0 Å². The number of anilines is 1. The van der Waals surface area contributed by atoms with Gasteiger partial charge >= 0.3 is 0 Å². The van der Waals surface area contributed by atoms with E-state index in [-0.39, 0.29) is 18.7 Å². The molecule has 2 atom stereocenters. The molecule has 1 saturated heterocycles. The van der Waals surface area contributed by atoms with Crippen molar-refractivity contribution in [1.82, 2.24) is 5.32 Å². The quantitative estimate of drug-likeness (QED) is 0.881. The summed E-state index contributed by atoms with van der Waals surface area (Å²) in [4.78, 5) is 2.25. The fourth-order valence-electron chi connectivity index (χ4n) is 2.57. The van der Waals surface area contributed by atoms with Crippen LogP contribution >= 0.6 is 11.6 Å². The zero-order valence-corrected chi connectivity index (χ0v) is 11.7. The van der Waals surface area contributed by atoms with Gasteiger partial charge < -0.3 is 15.3 Å². The second-order valence-electron chi connectivity index (χ2n) is 4.89. The minimum Gasteiger partial charge on any atom is -0.394 e. The van der Waals surface area contributed by atoms with Gasteiger partial charge in [-0.3, -0.25) is 0 Å². The summed E-state index contributed by atoms with van der Waals surface area (Å²) in [5.41, 5.74) is 2.23. The molecule has 100 valence electrons. The lowest BCUT2D eigenvalue weighted by Gasteiger charge is -2.26. The molecular weight excluding hydrogens is 248 g/mol. The number of rotatable bonds is 4. The molecule has 2 N–H and O–H groups in total. The van der Waals surface area contributed by atoms with Crippen molar-refractivity contribution in [3.63, 3.8) is 0 Å². The van der Waals surface area contributed by atoms with E-state index in [0.29, 0.717) is 0 Å².